The van der Waals surface area contributed by atoms with Gasteiger partial charge < -0.3 is 4.74 Å². The molecule has 1 heteroatoms. The second-order valence-electron chi connectivity index (χ2n) is 6.23. The topological polar surface area (TPSA) is 9.23 Å². The molecule has 2 aliphatic carbocycles. The van der Waals surface area contributed by atoms with Gasteiger partial charge in [-0.2, -0.15) is 0 Å². The van der Waals surface area contributed by atoms with Gasteiger partial charge >= 0.3 is 0 Å². The molecule has 0 radical (unpaired) electrons. The fraction of sp³-hybridized carbons (Fsp3) is 0.857. The first-order chi connectivity index (χ1) is 7.05. The average Bonchev–Trinajstić information content (AvgIpc) is 2.38. The molecule has 3 atom stereocenters. The summed E-state index contributed by atoms with van der Waals surface area (Å²) < 4.78 is 6.51. The summed E-state index contributed by atoms with van der Waals surface area (Å²) in [6, 6.07) is 0. The molecule has 3 aliphatic rings. The molecule has 15 heavy (non-hydrogen) atoms. The van der Waals surface area contributed by atoms with Crippen molar-refractivity contribution < 1.29 is 4.74 Å². The zero-order valence-corrected chi connectivity index (χ0v) is 10.2. The number of fused-ring (bicyclic) bond motifs is 1. The fourth-order valence-electron chi connectivity index (χ4n) is 4.16. The Morgan fingerprint density at radius 1 is 1.20 bits per heavy atom. The van der Waals surface area contributed by atoms with Crippen LogP contribution in [-0.4, -0.2) is 11.2 Å². The van der Waals surface area contributed by atoms with Crippen molar-refractivity contribution in [2.75, 3.05) is 0 Å². The Balaban J connectivity index is 2.04. The Bertz CT molecular complexity index is 315. The van der Waals surface area contributed by atoms with Crippen LogP contribution in [0.2, 0.25) is 0 Å². The van der Waals surface area contributed by atoms with Crippen LogP contribution in [0, 0.1) is 11.8 Å². The van der Waals surface area contributed by atoms with Crippen molar-refractivity contribution in [2.24, 2.45) is 11.8 Å². The van der Waals surface area contributed by atoms with Crippen LogP contribution in [-0.2, 0) is 4.74 Å². The summed E-state index contributed by atoms with van der Waals surface area (Å²) in [5.41, 5.74) is 1.78. The third-order valence-corrected chi connectivity index (χ3v) is 5.13. The summed E-state index contributed by atoms with van der Waals surface area (Å²) in [5, 5.41) is 0. The van der Waals surface area contributed by atoms with E-state index in [2.05, 4.69) is 26.8 Å². The Morgan fingerprint density at radius 3 is 2.73 bits per heavy atom. The maximum absolute atomic E-state index is 6.51. The molecule has 1 nitrogen and oxygen atoms in total. The van der Waals surface area contributed by atoms with Gasteiger partial charge in [0.25, 0.3) is 0 Å². The van der Waals surface area contributed by atoms with E-state index in [1.165, 1.54) is 37.7 Å². The third kappa shape index (κ3) is 1.19. The van der Waals surface area contributed by atoms with E-state index in [0.29, 0.717) is 0 Å². The van der Waals surface area contributed by atoms with Gasteiger partial charge in [0.2, 0.25) is 0 Å². The largest absolute Gasteiger partial charge is 0.364 e. The fourth-order valence-corrected chi connectivity index (χ4v) is 4.16. The Morgan fingerprint density at radius 2 is 1.93 bits per heavy atom. The third-order valence-electron chi connectivity index (χ3n) is 5.13. The average molecular weight is 206 g/mol. The minimum absolute atomic E-state index is 0.112. The van der Waals surface area contributed by atoms with Crippen LogP contribution in [0.3, 0.4) is 0 Å². The van der Waals surface area contributed by atoms with Crippen LogP contribution < -0.4 is 0 Å². The molecule has 0 aromatic rings. The molecule has 0 aromatic heterocycles. The Hall–Kier alpha value is -0.300. The molecule has 1 saturated carbocycles. The molecular formula is C14H22O. The SMILES string of the molecule is CC1=CCCC2CCC3CC12OC3(C)C. The Labute approximate surface area is 92.9 Å². The van der Waals surface area contributed by atoms with Crippen molar-refractivity contribution in [3.63, 3.8) is 0 Å². The van der Waals surface area contributed by atoms with Crippen molar-refractivity contribution >= 4 is 0 Å². The van der Waals surface area contributed by atoms with Crippen molar-refractivity contribution in [1.82, 2.24) is 0 Å². The van der Waals surface area contributed by atoms with Gasteiger partial charge in [-0.1, -0.05) is 6.08 Å². The van der Waals surface area contributed by atoms with Crippen molar-refractivity contribution in [1.29, 1.82) is 0 Å². The highest BCUT2D eigenvalue weighted by molar-refractivity contribution is 5.26. The summed E-state index contributed by atoms with van der Waals surface area (Å²) in [4.78, 5) is 0. The predicted octanol–water partition coefficient (Wildman–Crippen LogP) is 3.69. The molecular weight excluding hydrogens is 184 g/mol. The van der Waals surface area contributed by atoms with Crippen LogP contribution in [0.1, 0.15) is 52.9 Å². The van der Waals surface area contributed by atoms with Gasteiger partial charge in [0, 0.05) is 0 Å². The summed E-state index contributed by atoms with van der Waals surface area (Å²) in [5.74, 6) is 1.59. The molecule has 1 heterocycles. The molecule has 2 bridgehead atoms. The van der Waals surface area contributed by atoms with Gasteiger partial charge in [-0.15, -0.1) is 0 Å². The van der Waals surface area contributed by atoms with Gasteiger partial charge in [-0.05, 0) is 70.3 Å². The lowest BCUT2D eigenvalue weighted by Gasteiger charge is -2.43. The summed E-state index contributed by atoms with van der Waals surface area (Å²) >= 11 is 0. The first kappa shape index (κ1) is 9.89. The van der Waals surface area contributed by atoms with E-state index in [-0.39, 0.29) is 11.2 Å². The van der Waals surface area contributed by atoms with Crippen LogP contribution in [0.5, 0.6) is 0 Å². The van der Waals surface area contributed by atoms with Crippen LogP contribution in [0.4, 0.5) is 0 Å². The number of hydrogen-bond donors (Lipinski definition) is 0. The van der Waals surface area contributed by atoms with Gasteiger partial charge in [0.15, 0.2) is 0 Å². The Kier molecular flexibility index (Phi) is 1.90. The molecule has 0 aromatic carbocycles. The first-order valence-corrected chi connectivity index (χ1v) is 6.42. The lowest BCUT2D eigenvalue weighted by atomic mass is 9.64. The molecule has 1 aliphatic heterocycles. The lowest BCUT2D eigenvalue weighted by molar-refractivity contribution is -0.0961. The predicted molar refractivity (Wildman–Crippen MR) is 61.7 cm³/mol. The van der Waals surface area contributed by atoms with Gasteiger partial charge in [-0.3, -0.25) is 0 Å². The van der Waals surface area contributed by atoms with Crippen LogP contribution in [0.25, 0.3) is 0 Å². The van der Waals surface area contributed by atoms with E-state index in [0.717, 1.165) is 11.8 Å². The van der Waals surface area contributed by atoms with E-state index < -0.39 is 0 Å². The first-order valence-electron chi connectivity index (χ1n) is 6.42. The molecule has 0 N–H and O–H groups in total. The van der Waals surface area contributed by atoms with Gasteiger partial charge in [-0.25, -0.2) is 0 Å². The second kappa shape index (κ2) is 2.88. The standard InChI is InChI=1S/C14H22O/c1-10-5-4-6-11-7-8-12-9-14(10,11)15-13(12,2)3/h5,11-12H,4,6-9H2,1-3H3. The summed E-state index contributed by atoms with van der Waals surface area (Å²) in [7, 11) is 0. The molecule has 3 rings (SSSR count). The van der Waals surface area contributed by atoms with E-state index in [1.807, 2.05) is 0 Å². The van der Waals surface area contributed by atoms with E-state index in [1.54, 1.807) is 0 Å². The molecule has 3 unspecified atom stereocenters. The zero-order valence-electron chi connectivity index (χ0n) is 10.2. The molecule has 84 valence electrons. The van der Waals surface area contributed by atoms with E-state index in [4.69, 9.17) is 4.74 Å². The van der Waals surface area contributed by atoms with Crippen LogP contribution in [0.15, 0.2) is 11.6 Å². The monoisotopic (exact) mass is 206 g/mol. The van der Waals surface area contributed by atoms with Crippen molar-refractivity contribution in [3.8, 4) is 0 Å². The van der Waals surface area contributed by atoms with Crippen molar-refractivity contribution in [3.05, 3.63) is 11.6 Å². The molecule has 0 amide bonds. The minimum atomic E-state index is 0.112. The summed E-state index contributed by atoms with van der Waals surface area (Å²) in [6.45, 7) is 6.86. The quantitative estimate of drug-likeness (QED) is 0.549. The zero-order chi connectivity index (χ0) is 10.7. The maximum Gasteiger partial charge on any atom is 0.0928 e. The smallest absolute Gasteiger partial charge is 0.0928 e. The maximum atomic E-state index is 6.51. The van der Waals surface area contributed by atoms with E-state index in [9.17, 15) is 0 Å². The van der Waals surface area contributed by atoms with Crippen molar-refractivity contribution in [2.45, 2.75) is 64.1 Å². The number of allylic oxidation sites excluding steroid dienone is 1. The summed E-state index contributed by atoms with van der Waals surface area (Å²) in [6.07, 6.45) is 9.09. The molecule has 1 spiro atoms. The van der Waals surface area contributed by atoms with Crippen LogP contribution >= 0.6 is 0 Å². The number of ether oxygens (including phenoxy) is 1. The minimum Gasteiger partial charge on any atom is -0.364 e. The number of hydrogen-bond acceptors (Lipinski definition) is 1. The van der Waals surface area contributed by atoms with E-state index >= 15 is 0 Å². The molecule has 2 fully saturated rings. The normalized spacial score (nSPS) is 47.3. The highest BCUT2D eigenvalue weighted by Gasteiger charge is 2.58. The molecule has 1 saturated heterocycles. The highest BCUT2D eigenvalue weighted by Crippen LogP contribution is 2.58. The van der Waals surface area contributed by atoms with Gasteiger partial charge in [0.05, 0.1) is 11.2 Å². The second-order valence-corrected chi connectivity index (χ2v) is 6.23. The number of rotatable bonds is 0. The highest BCUT2D eigenvalue weighted by atomic mass is 16.5. The lowest BCUT2D eigenvalue weighted by Crippen LogP contribution is -2.43. The van der Waals surface area contributed by atoms with Gasteiger partial charge in [0.1, 0.15) is 0 Å².